The van der Waals surface area contributed by atoms with E-state index in [0.29, 0.717) is 18.5 Å². The summed E-state index contributed by atoms with van der Waals surface area (Å²) in [7, 11) is 4.09. The van der Waals surface area contributed by atoms with Gasteiger partial charge in [0.25, 0.3) is 0 Å². The van der Waals surface area contributed by atoms with Crippen molar-refractivity contribution in [1.29, 1.82) is 0 Å². The van der Waals surface area contributed by atoms with Crippen LogP contribution in [0.5, 0.6) is 0 Å². The molecule has 2 aromatic rings. The van der Waals surface area contributed by atoms with Crippen LogP contribution in [0.2, 0.25) is 0 Å². The van der Waals surface area contributed by atoms with Crippen molar-refractivity contribution in [3.05, 3.63) is 41.8 Å². The average Bonchev–Trinajstić information content (AvgIpc) is 2.95. The molecule has 0 saturated carbocycles. The van der Waals surface area contributed by atoms with E-state index in [1.54, 1.807) is 6.92 Å². The Morgan fingerprint density at radius 3 is 2.73 bits per heavy atom. The second-order valence-corrected chi connectivity index (χ2v) is 5.73. The SMILES string of the molecule is Cc1nnc(N(C)C[C@@H]2OCCN(C)[C@H]2c2ccccc2)o1. The second kappa shape index (κ2) is 6.46. The Hall–Kier alpha value is -1.92. The van der Waals surface area contributed by atoms with Crippen molar-refractivity contribution in [1.82, 2.24) is 15.1 Å². The van der Waals surface area contributed by atoms with Gasteiger partial charge in [-0.15, -0.1) is 5.10 Å². The molecule has 0 bridgehead atoms. The van der Waals surface area contributed by atoms with Gasteiger partial charge in [-0.2, -0.15) is 0 Å². The highest BCUT2D eigenvalue weighted by atomic mass is 16.5. The number of hydrogen-bond acceptors (Lipinski definition) is 6. The molecule has 0 N–H and O–H groups in total. The third kappa shape index (κ3) is 3.13. The lowest BCUT2D eigenvalue weighted by atomic mass is 9.98. The van der Waals surface area contributed by atoms with Crippen molar-refractivity contribution < 1.29 is 9.15 Å². The van der Waals surface area contributed by atoms with Crippen LogP contribution in [0.4, 0.5) is 6.01 Å². The number of benzene rings is 1. The molecule has 0 unspecified atom stereocenters. The molecular weight excluding hydrogens is 280 g/mol. The fraction of sp³-hybridized carbons (Fsp3) is 0.500. The Balaban J connectivity index is 1.78. The molecule has 1 aromatic carbocycles. The molecule has 118 valence electrons. The van der Waals surface area contributed by atoms with Crippen LogP contribution >= 0.6 is 0 Å². The van der Waals surface area contributed by atoms with Crippen molar-refractivity contribution in [2.24, 2.45) is 0 Å². The molecule has 1 aliphatic heterocycles. The Morgan fingerprint density at radius 1 is 1.27 bits per heavy atom. The van der Waals surface area contributed by atoms with E-state index < -0.39 is 0 Å². The molecule has 22 heavy (non-hydrogen) atoms. The van der Waals surface area contributed by atoms with Crippen LogP contribution in [0.25, 0.3) is 0 Å². The van der Waals surface area contributed by atoms with Gasteiger partial charge in [0, 0.05) is 20.5 Å². The second-order valence-electron chi connectivity index (χ2n) is 5.73. The van der Waals surface area contributed by atoms with Gasteiger partial charge in [0.1, 0.15) is 0 Å². The summed E-state index contributed by atoms with van der Waals surface area (Å²) in [6.45, 7) is 4.16. The zero-order valence-corrected chi connectivity index (χ0v) is 13.3. The van der Waals surface area contributed by atoms with Crippen molar-refractivity contribution in [2.75, 3.05) is 38.7 Å². The summed E-state index contributed by atoms with van der Waals surface area (Å²) in [6.07, 6.45) is 0.0540. The zero-order valence-electron chi connectivity index (χ0n) is 13.3. The first-order chi connectivity index (χ1) is 10.6. The molecule has 0 spiro atoms. The summed E-state index contributed by atoms with van der Waals surface area (Å²) in [5, 5.41) is 7.95. The fourth-order valence-corrected chi connectivity index (χ4v) is 2.92. The minimum Gasteiger partial charge on any atom is -0.408 e. The number of nitrogens with zero attached hydrogens (tertiary/aromatic N) is 4. The minimum atomic E-state index is 0.0540. The number of anilines is 1. The predicted octanol–water partition coefficient (Wildman–Crippen LogP) is 1.89. The molecule has 2 atom stereocenters. The maximum atomic E-state index is 6.04. The number of hydrogen-bond donors (Lipinski definition) is 0. The average molecular weight is 302 g/mol. The molecular formula is C16H22N4O2. The van der Waals surface area contributed by atoms with E-state index in [2.05, 4.69) is 46.4 Å². The standard InChI is InChI=1S/C16H22N4O2/c1-12-17-18-16(22-12)20(3)11-14-15(19(2)9-10-21-14)13-7-5-4-6-8-13/h4-8,14-15H,9-11H2,1-3H3/t14-,15-/m0/s1. The van der Waals surface area contributed by atoms with E-state index in [4.69, 9.17) is 9.15 Å². The molecule has 6 heteroatoms. The van der Waals surface area contributed by atoms with Gasteiger partial charge in [0.05, 0.1) is 25.3 Å². The van der Waals surface area contributed by atoms with E-state index in [0.717, 1.165) is 13.2 Å². The largest absolute Gasteiger partial charge is 0.408 e. The summed E-state index contributed by atoms with van der Waals surface area (Å²) in [4.78, 5) is 4.30. The van der Waals surface area contributed by atoms with Crippen LogP contribution in [0, 0.1) is 6.92 Å². The third-order valence-corrected chi connectivity index (χ3v) is 4.04. The third-order valence-electron chi connectivity index (χ3n) is 4.04. The van der Waals surface area contributed by atoms with Gasteiger partial charge in [-0.1, -0.05) is 35.4 Å². The Labute approximate surface area is 130 Å². The summed E-state index contributed by atoms with van der Waals surface area (Å²) < 4.78 is 11.5. The van der Waals surface area contributed by atoms with Crippen LogP contribution in [0.1, 0.15) is 17.5 Å². The lowest BCUT2D eigenvalue weighted by molar-refractivity contribution is -0.0583. The molecule has 0 radical (unpaired) electrons. The number of morpholine rings is 1. The van der Waals surface area contributed by atoms with Gasteiger partial charge in [0.2, 0.25) is 5.89 Å². The fourth-order valence-electron chi connectivity index (χ4n) is 2.92. The topological polar surface area (TPSA) is 54.6 Å². The summed E-state index contributed by atoms with van der Waals surface area (Å²) >= 11 is 0. The lowest BCUT2D eigenvalue weighted by Crippen LogP contribution is -2.47. The van der Waals surface area contributed by atoms with Gasteiger partial charge in [-0.05, 0) is 12.6 Å². The van der Waals surface area contributed by atoms with E-state index in [9.17, 15) is 0 Å². The summed E-state index contributed by atoms with van der Waals surface area (Å²) in [5.41, 5.74) is 1.27. The van der Waals surface area contributed by atoms with Crippen LogP contribution < -0.4 is 4.90 Å². The highest BCUT2D eigenvalue weighted by Crippen LogP contribution is 2.29. The van der Waals surface area contributed by atoms with Crippen LogP contribution in [-0.4, -0.2) is 55.0 Å². The van der Waals surface area contributed by atoms with Crippen LogP contribution in [-0.2, 0) is 4.74 Å². The van der Waals surface area contributed by atoms with Gasteiger partial charge in [-0.25, -0.2) is 0 Å². The Morgan fingerprint density at radius 2 is 2.05 bits per heavy atom. The van der Waals surface area contributed by atoms with E-state index >= 15 is 0 Å². The van der Waals surface area contributed by atoms with E-state index in [1.807, 2.05) is 18.0 Å². The quantitative estimate of drug-likeness (QED) is 0.859. The summed E-state index contributed by atoms with van der Waals surface area (Å²) in [5.74, 6) is 0.572. The van der Waals surface area contributed by atoms with Gasteiger partial charge >= 0.3 is 6.01 Å². The zero-order chi connectivity index (χ0) is 15.5. The highest BCUT2D eigenvalue weighted by Gasteiger charge is 2.32. The molecule has 0 amide bonds. The molecule has 1 fully saturated rings. The number of rotatable bonds is 4. The molecule has 1 aromatic heterocycles. The van der Waals surface area contributed by atoms with Crippen molar-refractivity contribution >= 4 is 6.01 Å². The van der Waals surface area contributed by atoms with Gasteiger partial charge in [0.15, 0.2) is 0 Å². The highest BCUT2D eigenvalue weighted by molar-refractivity contribution is 5.25. The molecule has 2 heterocycles. The van der Waals surface area contributed by atoms with E-state index in [-0.39, 0.29) is 12.1 Å². The Kier molecular flexibility index (Phi) is 4.40. The smallest absolute Gasteiger partial charge is 0.317 e. The van der Waals surface area contributed by atoms with Crippen molar-refractivity contribution in [3.8, 4) is 0 Å². The molecule has 3 rings (SSSR count). The van der Waals surface area contributed by atoms with Crippen molar-refractivity contribution in [2.45, 2.75) is 19.1 Å². The van der Waals surface area contributed by atoms with Crippen molar-refractivity contribution in [3.63, 3.8) is 0 Å². The van der Waals surface area contributed by atoms with Gasteiger partial charge < -0.3 is 14.1 Å². The van der Waals surface area contributed by atoms with Gasteiger partial charge in [-0.3, -0.25) is 4.90 Å². The molecule has 1 saturated heterocycles. The van der Waals surface area contributed by atoms with Crippen LogP contribution in [0.15, 0.2) is 34.7 Å². The molecule has 6 nitrogen and oxygen atoms in total. The minimum absolute atomic E-state index is 0.0540. The number of aromatic nitrogens is 2. The number of aryl methyl sites for hydroxylation is 1. The summed E-state index contributed by atoms with van der Waals surface area (Å²) in [6, 6.07) is 11.2. The lowest BCUT2D eigenvalue weighted by Gasteiger charge is -2.40. The first-order valence-corrected chi connectivity index (χ1v) is 7.53. The first kappa shape index (κ1) is 15.0. The molecule has 0 aliphatic carbocycles. The monoisotopic (exact) mass is 302 g/mol. The number of ether oxygens (including phenoxy) is 1. The maximum Gasteiger partial charge on any atom is 0.317 e. The normalized spacial score (nSPS) is 22.7. The maximum absolute atomic E-state index is 6.04. The first-order valence-electron chi connectivity index (χ1n) is 7.53. The van der Waals surface area contributed by atoms with Crippen LogP contribution in [0.3, 0.4) is 0 Å². The predicted molar refractivity (Wildman–Crippen MR) is 83.9 cm³/mol. The number of likely N-dealkylation sites (N-methyl/N-ethyl adjacent to an activating group) is 2. The van der Waals surface area contributed by atoms with E-state index in [1.165, 1.54) is 5.56 Å². The Bertz CT molecular complexity index is 601. The molecule has 1 aliphatic rings.